The van der Waals surface area contributed by atoms with E-state index in [4.69, 9.17) is 0 Å². The standard InChI is InChI=1S/C15H25N3O2/c1-4-7-10-17(6-3)12-13-8-9-14(16-5-2)15(11-13)18(19)20/h8-9,11,16H,4-7,10,12H2,1-3H3. The maximum Gasteiger partial charge on any atom is 0.292 e. The van der Waals surface area contributed by atoms with Crippen molar-refractivity contribution in [3.63, 3.8) is 0 Å². The third kappa shape index (κ3) is 4.81. The molecule has 0 aromatic heterocycles. The van der Waals surface area contributed by atoms with Crippen LogP contribution in [-0.2, 0) is 6.54 Å². The largest absolute Gasteiger partial charge is 0.380 e. The number of nitro groups is 1. The molecule has 0 amide bonds. The Morgan fingerprint density at radius 2 is 2.05 bits per heavy atom. The highest BCUT2D eigenvalue weighted by atomic mass is 16.6. The number of nitrogens with zero attached hydrogens (tertiary/aromatic N) is 2. The first-order valence-electron chi connectivity index (χ1n) is 7.35. The molecule has 5 nitrogen and oxygen atoms in total. The fourth-order valence-corrected chi connectivity index (χ4v) is 2.16. The molecule has 0 aliphatic rings. The lowest BCUT2D eigenvalue weighted by Gasteiger charge is -2.20. The monoisotopic (exact) mass is 279 g/mol. The molecule has 0 bridgehead atoms. The molecule has 0 spiro atoms. The predicted octanol–water partition coefficient (Wildman–Crippen LogP) is 3.65. The second kappa shape index (κ2) is 8.53. The topological polar surface area (TPSA) is 58.4 Å². The summed E-state index contributed by atoms with van der Waals surface area (Å²) in [4.78, 5) is 13.1. The van der Waals surface area contributed by atoms with Gasteiger partial charge in [0.25, 0.3) is 5.69 Å². The maximum atomic E-state index is 11.1. The summed E-state index contributed by atoms with van der Waals surface area (Å²) in [6.07, 6.45) is 2.32. The fraction of sp³-hybridized carbons (Fsp3) is 0.600. The SMILES string of the molecule is CCCCN(CC)Cc1ccc(NCC)c([N+](=O)[O-])c1. The van der Waals surface area contributed by atoms with Gasteiger partial charge in [0.1, 0.15) is 5.69 Å². The number of hydrogen-bond acceptors (Lipinski definition) is 4. The zero-order valence-corrected chi connectivity index (χ0v) is 12.7. The van der Waals surface area contributed by atoms with E-state index in [0.29, 0.717) is 12.2 Å². The average molecular weight is 279 g/mol. The number of rotatable bonds is 9. The van der Waals surface area contributed by atoms with Gasteiger partial charge in [-0.2, -0.15) is 0 Å². The van der Waals surface area contributed by atoms with Gasteiger partial charge in [0.05, 0.1) is 4.92 Å². The van der Waals surface area contributed by atoms with Gasteiger partial charge in [-0.05, 0) is 38.1 Å². The molecule has 20 heavy (non-hydrogen) atoms. The Labute approximate surface area is 121 Å². The van der Waals surface area contributed by atoms with Crippen LogP contribution >= 0.6 is 0 Å². The molecule has 0 saturated heterocycles. The molecule has 1 rings (SSSR count). The van der Waals surface area contributed by atoms with E-state index in [-0.39, 0.29) is 10.6 Å². The van der Waals surface area contributed by atoms with E-state index in [2.05, 4.69) is 24.1 Å². The van der Waals surface area contributed by atoms with Crippen molar-refractivity contribution >= 4 is 11.4 Å². The highest BCUT2D eigenvalue weighted by Gasteiger charge is 2.14. The molecule has 0 heterocycles. The van der Waals surface area contributed by atoms with Crippen LogP contribution in [0.1, 0.15) is 39.2 Å². The smallest absolute Gasteiger partial charge is 0.292 e. The highest BCUT2D eigenvalue weighted by Crippen LogP contribution is 2.26. The van der Waals surface area contributed by atoms with Crippen LogP contribution in [0.5, 0.6) is 0 Å². The molecule has 112 valence electrons. The van der Waals surface area contributed by atoms with E-state index >= 15 is 0 Å². The Hall–Kier alpha value is -1.62. The first-order valence-corrected chi connectivity index (χ1v) is 7.35. The van der Waals surface area contributed by atoms with Gasteiger partial charge in [0.15, 0.2) is 0 Å². The summed E-state index contributed by atoms with van der Waals surface area (Å²) in [5, 5.41) is 14.2. The second-order valence-electron chi connectivity index (χ2n) is 4.86. The number of unbranched alkanes of at least 4 members (excludes halogenated alkanes) is 1. The lowest BCUT2D eigenvalue weighted by atomic mass is 10.1. The van der Waals surface area contributed by atoms with Gasteiger partial charge >= 0.3 is 0 Å². The third-order valence-corrected chi connectivity index (χ3v) is 3.31. The number of hydrogen-bond donors (Lipinski definition) is 1. The van der Waals surface area contributed by atoms with Crippen LogP contribution in [0.4, 0.5) is 11.4 Å². The number of nitrogens with one attached hydrogen (secondary N) is 1. The fourth-order valence-electron chi connectivity index (χ4n) is 2.16. The molecule has 1 aromatic rings. The molecule has 5 heteroatoms. The average Bonchev–Trinajstić information content (AvgIpc) is 2.44. The summed E-state index contributed by atoms with van der Waals surface area (Å²) in [6, 6.07) is 5.47. The Balaban J connectivity index is 2.85. The molecule has 1 N–H and O–H groups in total. The summed E-state index contributed by atoms with van der Waals surface area (Å²) in [5.41, 5.74) is 1.75. The lowest BCUT2D eigenvalue weighted by Crippen LogP contribution is -2.24. The van der Waals surface area contributed by atoms with Crippen molar-refractivity contribution in [2.24, 2.45) is 0 Å². The summed E-state index contributed by atoms with van der Waals surface area (Å²) >= 11 is 0. The quantitative estimate of drug-likeness (QED) is 0.553. The van der Waals surface area contributed by atoms with Gasteiger partial charge in [0.2, 0.25) is 0 Å². The van der Waals surface area contributed by atoms with E-state index in [1.54, 1.807) is 6.07 Å². The Morgan fingerprint density at radius 3 is 2.60 bits per heavy atom. The summed E-state index contributed by atoms with van der Waals surface area (Å²) in [7, 11) is 0. The Kier molecular flexibility index (Phi) is 7.01. The van der Waals surface area contributed by atoms with E-state index in [1.807, 2.05) is 19.1 Å². The zero-order chi connectivity index (χ0) is 15.0. The van der Waals surface area contributed by atoms with Crippen molar-refractivity contribution in [1.29, 1.82) is 0 Å². The minimum atomic E-state index is -0.316. The summed E-state index contributed by atoms with van der Waals surface area (Å²) < 4.78 is 0. The first kappa shape index (κ1) is 16.4. The molecule has 0 radical (unpaired) electrons. The van der Waals surface area contributed by atoms with E-state index in [9.17, 15) is 10.1 Å². The normalized spacial score (nSPS) is 10.8. The van der Waals surface area contributed by atoms with Crippen molar-refractivity contribution in [3.8, 4) is 0 Å². The first-order chi connectivity index (χ1) is 9.62. The van der Waals surface area contributed by atoms with E-state index in [1.165, 1.54) is 0 Å². The highest BCUT2D eigenvalue weighted by molar-refractivity contribution is 5.62. The van der Waals surface area contributed by atoms with Crippen LogP contribution in [0.3, 0.4) is 0 Å². The zero-order valence-electron chi connectivity index (χ0n) is 12.7. The Morgan fingerprint density at radius 1 is 1.30 bits per heavy atom. The third-order valence-electron chi connectivity index (χ3n) is 3.31. The second-order valence-corrected chi connectivity index (χ2v) is 4.86. The predicted molar refractivity (Wildman–Crippen MR) is 83.1 cm³/mol. The van der Waals surface area contributed by atoms with Crippen LogP contribution in [0.2, 0.25) is 0 Å². The van der Waals surface area contributed by atoms with Gasteiger partial charge in [-0.15, -0.1) is 0 Å². The molecule has 0 aliphatic heterocycles. The molecular formula is C15H25N3O2. The van der Waals surface area contributed by atoms with Crippen LogP contribution in [0, 0.1) is 10.1 Å². The van der Waals surface area contributed by atoms with E-state index < -0.39 is 0 Å². The molecule has 0 fully saturated rings. The molecule has 0 saturated carbocycles. The van der Waals surface area contributed by atoms with Gasteiger partial charge in [-0.25, -0.2) is 0 Å². The number of nitro benzene ring substituents is 1. The van der Waals surface area contributed by atoms with Crippen molar-refractivity contribution < 1.29 is 4.92 Å². The van der Waals surface area contributed by atoms with Crippen molar-refractivity contribution in [3.05, 3.63) is 33.9 Å². The Bertz CT molecular complexity index is 435. The van der Waals surface area contributed by atoms with Crippen LogP contribution in [0.15, 0.2) is 18.2 Å². The summed E-state index contributed by atoms with van der Waals surface area (Å²) in [6.45, 7) is 9.67. The molecule has 0 atom stereocenters. The summed E-state index contributed by atoms with van der Waals surface area (Å²) in [5.74, 6) is 0. The van der Waals surface area contributed by atoms with Gasteiger partial charge < -0.3 is 5.32 Å². The maximum absolute atomic E-state index is 11.1. The molecule has 0 aliphatic carbocycles. The lowest BCUT2D eigenvalue weighted by molar-refractivity contribution is -0.384. The van der Waals surface area contributed by atoms with Crippen LogP contribution < -0.4 is 5.32 Å². The van der Waals surface area contributed by atoms with E-state index in [0.717, 1.165) is 38.0 Å². The van der Waals surface area contributed by atoms with Crippen molar-refractivity contribution in [1.82, 2.24) is 4.90 Å². The van der Waals surface area contributed by atoms with Gasteiger partial charge in [0, 0.05) is 19.2 Å². The van der Waals surface area contributed by atoms with Crippen molar-refractivity contribution in [2.75, 3.05) is 25.0 Å². The molecule has 0 unspecified atom stereocenters. The van der Waals surface area contributed by atoms with Crippen LogP contribution in [0.25, 0.3) is 0 Å². The molecular weight excluding hydrogens is 254 g/mol. The van der Waals surface area contributed by atoms with Crippen LogP contribution in [-0.4, -0.2) is 29.5 Å². The van der Waals surface area contributed by atoms with Gasteiger partial charge in [-0.1, -0.05) is 26.3 Å². The minimum Gasteiger partial charge on any atom is -0.380 e. The van der Waals surface area contributed by atoms with Gasteiger partial charge in [-0.3, -0.25) is 15.0 Å². The minimum absolute atomic E-state index is 0.163. The van der Waals surface area contributed by atoms with Crippen molar-refractivity contribution in [2.45, 2.75) is 40.2 Å². The number of benzene rings is 1. The molecule has 1 aromatic carbocycles. The number of anilines is 1.